The van der Waals surface area contributed by atoms with Crippen molar-refractivity contribution in [2.75, 3.05) is 25.6 Å². The molecule has 54 heavy (non-hydrogen) atoms. The molecule has 0 saturated carbocycles. The van der Waals surface area contributed by atoms with Gasteiger partial charge in [0.15, 0.2) is 6.10 Å². The minimum absolute atomic E-state index is 0. The molecule has 0 aromatic heterocycles. The summed E-state index contributed by atoms with van der Waals surface area (Å²) in [4.78, 5) is 63.7. The number of aliphatic hydroxyl groups excluding tert-OH is 2. The first-order valence-electron chi connectivity index (χ1n) is 15.8. The molecule has 1 saturated heterocycles. The van der Waals surface area contributed by atoms with Crippen LogP contribution in [0, 0.1) is 38.6 Å². The van der Waals surface area contributed by atoms with Gasteiger partial charge in [0.1, 0.15) is 18.0 Å². The summed E-state index contributed by atoms with van der Waals surface area (Å²) in [7, 11) is 1.00. The third kappa shape index (κ3) is 17.8. The molecule has 20 heteroatoms. The third-order valence-electron chi connectivity index (χ3n) is 7.25. The molecule has 1 fully saturated rings. The molecular formula is C34H45N3O15TaTb-2. The van der Waals surface area contributed by atoms with Crippen molar-refractivity contribution in [2.24, 2.45) is 5.90 Å². The van der Waals surface area contributed by atoms with Crippen molar-refractivity contribution in [3.63, 3.8) is 0 Å². The Bertz CT molecular complexity index is 1510. The number of ether oxygens (including phenoxy) is 6. The zero-order valence-electron chi connectivity index (χ0n) is 30.2. The summed E-state index contributed by atoms with van der Waals surface area (Å²) >= 11 is 0. The fourth-order valence-electron chi connectivity index (χ4n) is 4.52. The first-order chi connectivity index (χ1) is 24.6. The average molecular weight is 1080 g/mol. The van der Waals surface area contributed by atoms with Crippen LogP contribution in [0.5, 0.6) is 5.75 Å². The van der Waals surface area contributed by atoms with E-state index in [2.05, 4.69) is 15.4 Å². The first kappa shape index (κ1) is 51.2. The van der Waals surface area contributed by atoms with Crippen LogP contribution < -0.4 is 21.3 Å². The quantitative estimate of drug-likeness (QED) is 0.0665. The zero-order chi connectivity index (χ0) is 38.9. The summed E-state index contributed by atoms with van der Waals surface area (Å²) in [5.74, 6) is 3.46. The second-order valence-electron chi connectivity index (χ2n) is 12.5. The number of amides is 2. The number of carboxylic acids is 1. The smallest absolute Gasteiger partial charge is 0.411 e. The normalized spacial score (nSPS) is 16.4. The van der Waals surface area contributed by atoms with Crippen molar-refractivity contribution >= 4 is 36.6 Å². The SMILES string of the molecule is CC(C)(COC(C)(C)CNC(=O)c1cc(COC(=O)Nc2ccc(CO[C-]=O)cc2CO[C-]=O)ccc1OC1CC(O)CC(C(=O)O)O1)ON.CO.[Ta].[Tb]. The van der Waals surface area contributed by atoms with Gasteiger partial charge in [-0.25, -0.2) is 15.5 Å². The summed E-state index contributed by atoms with van der Waals surface area (Å²) in [6.45, 7) is 9.12. The summed E-state index contributed by atoms with van der Waals surface area (Å²) < 4.78 is 31.9. The predicted molar refractivity (Wildman–Crippen MR) is 180 cm³/mol. The number of hydrogen-bond donors (Lipinski definition) is 6. The van der Waals surface area contributed by atoms with Gasteiger partial charge in [0.05, 0.1) is 42.8 Å². The molecule has 2 amide bonds. The Kier molecular flexibility index (Phi) is 24.0. The van der Waals surface area contributed by atoms with Gasteiger partial charge in [0.2, 0.25) is 6.29 Å². The largest absolute Gasteiger partial charge is 0.650 e. The van der Waals surface area contributed by atoms with E-state index in [0.29, 0.717) is 16.7 Å². The molecule has 0 spiro atoms. The van der Waals surface area contributed by atoms with Crippen LogP contribution in [0.4, 0.5) is 10.5 Å². The van der Waals surface area contributed by atoms with Gasteiger partial charge in [-0.1, -0.05) is 25.1 Å². The van der Waals surface area contributed by atoms with E-state index in [4.69, 9.17) is 39.5 Å². The Morgan fingerprint density at radius 3 is 2.20 bits per heavy atom. The second kappa shape index (κ2) is 25.4. The molecule has 1 aliphatic rings. The maximum Gasteiger partial charge on any atom is 0.411 e. The number of nitrogens with two attached hydrogens (primary N) is 1. The van der Waals surface area contributed by atoms with Crippen LogP contribution in [-0.2, 0) is 85.1 Å². The number of hydrogen-bond acceptors (Lipinski definition) is 15. The van der Waals surface area contributed by atoms with Crippen molar-refractivity contribution in [3.05, 3.63) is 58.7 Å². The minimum atomic E-state index is -1.31. The van der Waals surface area contributed by atoms with E-state index in [1.807, 2.05) is 0 Å². The monoisotopic (exact) mass is 1080 g/mol. The Hall–Kier alpha value is -2.82. The van der Waals surface area contributed by atoms with Gasteiger partial charge in [-0.3, -0.25) is 14.9 Å². The van der Waals surface area contributed by atoms with Gasteiger partial charge in [-0.05, 0) is 63.1 Å². The first-order valence-corrected chi connectivity index (χ1v) is 15.8. The van der Waals surface area contributed by atoms with Gasteiger partial charge >= 0.3 is 12.1 Å². The third-order valence-corrected chi connectivity index (χ3v) is 7.25. The Morgan fingerprint density at radius 2 is 1.57 bits per heavy atom. The van der Waals surface area contributed by atoms with Crippen molar-refractivity contribution in [3.8, 4) is 5.75 Å². The molecule has 7 N–H and O–H groups in total. The maximum atomic E-state index is 13.5. The number of aliphatic carboxylic acids is 1. The molecule has 3 rings (SSSR count). The van der Waals surface area contributed by atoms with E-state index < -0.39 is 47.7 Å². The summed E-state index contributed by atoms with van der Waals surface area (Å²) in [6, 6.07) is 8.98. The topological polar surface area (TPSA) is 261 Å². The number of carbonyl (C=O) groups excluding carboxylic acids is 4. The van der Waals surface area contributed by atoms with Crippen LogP contribution in [0.15, 0.2) is 36.4 Å². The molecule has 2 radical (unpaired) electrons. The van der Waals surface area contributed by atoms with E-state index >= 15 is 0 Å². The maximum absolute atomic E-state index is 13.5. The molecule has 3 atom stereocenters. The molecular weight excluding hydrogens is 1030 g/mol. The van der Waals surface area contributed by atoms with Gasteiger partial charge < -0.3 is 58.6 Å². The van der Waals surface area contributed by atoms with E-state index in [1.165, 1.54) is 37.2 Å². The molecule has 3 unspecified atom stereocenters. The fraction of sp³-hybridized carbons (Fsp3) is 0.500. The summed E-state index contributed by atoms with van der Waals surface area (Å²) in [5.41, 5.74) is -0.114. The molecule has 2 aromatic carbocycles. The van der Waals surface area contributed by atoms with Crippen molar-refractivity contribution < 1.29 is 134 Å². The number of anilines is 1. The number of nitrogens with one attached hydrogen (secondary N) is 2. The van der Waals surface area contributed by atoms with E-state index in [9.17, 15) is 34.2 Å². The van der Waals surface area contributed by atoms with Crippen LogP contribution >= 0.6 is 0 Å². The Morgan fingerprint density at radius 1 is 0.944 bits per heavy atom. The van der Waals surface area contributed by atoms with Crippen LogP contribution in [0.25, 0.3) is 0 Å². The number of benzene rings is 2. The minimum Gasteiger partial charge on any atom is -0.650 e. The van der Waals surface area contributed by atoms with Crippen molar-refractivity contribution in [1.29, 1.82) is 0 Å². The predicted octanol–water partition coefficient (Wildman–Crippen LogP) is 1.73. The van der Waals surface area contributed by atoms with Gasteiger partial charge in [0, 0.05) is 93.1 Å². The van der Waals surface area contributed by atoms with E-state index in [0.717, 1.165) is 7.11 Å². The van der Waals surface area contributed by atoms with E-state index in [-0.39, 0.29) is 124 Å². The second-order valence-corrected chi connectivity index (χ2v) is 12.5. The Balaban J connectivity index is 0.00000690. The van der Waals surface area contributed by atoms with Gasteiger partial charge in [0.25, 0.3) is 5.91 Å². The number of carbonyl (C=O) groups is 3. The van der Waals surface area contributed by atoms with Gasteiger partial charge in [-0.15, -0.1) is 0 Å². The molecule has 2 aromatic rings. The average Bonchev–Trinajstić information content (AvgIpc) is 3.12. The van der Waals surface area contributed by atoms with Crippen LogP contribution in [0.3, 0.4) is 0 Å². The number of carboxylic acid groups (broad SMARTS) is 1. The van der Waals surface area contributed by atoms with Crippen molar-refractivity contribution in [1.82, 2.24) is 5.32 Å². The van der Waals surface area contributed by atoms with Crippen LogP contribution in [-0.4, -0.2) is 96.2 Å². The van der Waals surface area contributed by atoms with Crippen LogP contribution in [0.1, 0.15) is 67.6 Å². The molecule has 18 nitrogen and oxygen atoms in total. The fourth-order valence-corrected chi connectivity index (χ4v) is 4.52. The zero-order valence-corrected chi connectivity index (χ0v) is 35.6. The molecule has 302 valence electrons. The van der Waals surface area contributed by atoms with Gasteiger partial charge in [-0.2, -0.15) is 0 Å². The molecule has 0 aliphatic carbocycles. The number of aliphatic hydroxyl groups is 2. The molecule has 1 heterocycles. The summed E-state index contributed by atoms with van der Waals surface area (Å²) in [5, 5.41) is 31.9. The number of rotatable bonds is 19. The summed E-state index contributed by atoms with van der Waals surface area (Å²) in [6.07, 6.45) is -4.55. The molecule has 0 bridgehead atoms. The Labute approximate surface area is 358 Å². The standard InChI is InChI=1S/C33H41N3O14.CH4O.Ta.Tb/c1-32(2,47-17-33(3,4)50-34)16-35-29(40)24-10-21(6-8-26(24)48-28-12-23(39)11-27(49-28)30(41)42)14-46-31(43)36-25-7-5-20(13-44-18-37)9-22(25)15-45-19-38;1-2;;/h5-10,23,27-28,39H,11-17,34H2,1-4H3,(H,35,40)(H,36,43)(H,41,42);2H,1H3;;/q-2;;;. The molecule has 1 aliphatic heterocycles. The van der Waals surface area contributed by atoms with Crippen molar-refractivity contribution in [2.45, 2.75) is 90.1 Å². The van der Waals surface area contributed by atoms with Crippen LogP contribution in [0.2, 0.25) is 0 Å². The van der Waals surface area contributed by atoms with E-state index in [1.54, 1.807) is 39.8 Å².